The molecule has 0 saturated carbocycles. The van der Waals surface area contributed by atoms with Crippen LogP contribution in [0.3, 0.4) is 0 Å². The van der Waals surface area contributed by atoms with Crippen molar-refractivity contribution in [3.63, 3.8) is 0 Å². The summed E-state index contributed by atoms with van der Waals surface area (Å²) in [6.07, 6.45) is 1.27. The molecule has 0 amide bonds. The van der Waals surface area contributed by atoms with E-state index in [1.165, 1.54) is 6.33 Å². The zero-order valence-corrected chi connectivity index (χ0v) is 8.25. The van der Waals surface area contributed by atoms with Crippen molar-refractivity contribution in [1.29, 1.82) is 0 Å². The van der Waals surface area contributed by atoms with E-state index in [0.29, 0.717) is 10.8 Å². The molecule has 2 heterocycles. The number of nitrogens with zero attached hydrogens (tertiary/aromatic N) is 7. The topological polar surface area (TPSA) is 125 Å². The van der Waals surface area contributed by atoms with Crippen LogP contribution in [0.15, 0.2) is 21.4 Å². The van der Waals surface area contributed by atoms with Crippen LogP contribution in [0.1, 0.15) is 0 Å². The van der Waals surface area contributed by atoms with Crippen molar-refractivity contribution in [1.82, 2.24) is 9.97 Å². The number of nitrogens with two attached hydrogens (primary N) is 1. The van der Waals surface area contributed by atoms with Gasteiger partial charge in [-0.2, -0.15) is 0 Å². The number of azide groups is 1. The molecule has 1 atom stereocenters. The predicted octanol–water partition coefficient (Wildman–Crippen LogP) is -0.372. The van der Waals surface area contributed by atoms with Gasteiger partial charge < -0.3 is 5.73 Å². The molecule has 1 aromatic heterocycles. The number of nitrogen functional groups attached to an aromatic ring is 1. The molecule has 1 aliphatic heterocycles. The average molecular weight is 255 g/mol. The van der Waals surface area contributed by atoms with Crippen LogP contribution in [0, 0.1) is 0 Å². The Labute approximate surface area is 85.4 Å². The summed E-state index contributed by atoms with van der Waals surface area (Å²) in [4.78, 5) is 18.1. The van der Waals surface area contributed by atoms with Crippen LogP contribution >= 0.6 is 15.9 Å². The maximum Gasteiger partial charge on any atom is 0.288 e. The van der Waals surface area contributed by atoms with Crippen LogP contribution in [0.2, 0.25) is 0 Å². The van der Waals surface area contributed by atoms with Gasteiger partial charge in [0.1, 0.15) is 11.7 Å². The van der Waals surface area contributed by atoms with E-state index >= 15 is 0 Å². The lowest BCUT2D eigenvalue weighted by Gasteiger charge is -2.03. The first-order valence-corrected chi connectivity index (χ1v) is 4.25. The first kappa shape index (κ1) is 8.85. The summed E-state index contributed by atoms with van der Waals surface area (Å²) >= 11 is 3.04. The maximum absolute atomic E-state index is 8.28. The Morgan fingerprint density at radius 1 is 1.50 bits per heavy atom. The number of rotatable bonds is 1. The van der Waals surface area contributed by atoms with E-state index in [1.807, 2.05) is 0 Å². The summed E-state index contributed by atoms with van der Waals surface area (Å²) in [6, 6.07) is 0. The fourth-order valence-corrected chi connectivity index (χ4v) is 1.39. The third kappa shape index (κ3) is 1.28. The molecule has 0 saturated heterocycles. The Kier molecular flexibility index (Phi) is 1.83. The summed E-state index contributed by atoms with van der Waals surface area (Å²) < 4.78 is -1.37. The van der Waals surface area contributed by atoms with Crippen LogP contribution < -0.4 is 16.6 Å². The number of hydrogen-bond acceptors (Lipinski definition) is 6. The molecule has 2 N–H and O–H groups in total. The molecule has 1 unspecified atom stereocenters. The average Bonchev–Trinajstić information content (AvgIpc) is 2.44. The van der Waals surface area contributed by atoms with E-state index in [4.69, 9.17) is 11.3 Å². The molecule has 0 bridgehead atoms. The van der Waals surface area contributed by atoms with Crippen LogP contribution in [0.25, 0.3) is 10.4 Å². The minimum Gasteiger partial charge on any atom is -0.382 e. The molecule has 0 fully saturated rings. The van der Waals surface area contributed by atoms with Gasteiger partial charge >= 0.3 is 0 Å². The van der Waals surface area contributed by atoms with Crippen LogP contribution in [-0.2, 0) is 0 Å². The fourth-order valence-electron chi connectivity index (χ4n) is 0.975. The largest absolute Gasteiger partial charge is 0.382 e. The Morgan fingerprint density at radius 2 is 2.29 bits per heavy atom. The molecule has 70 valence electrons. The van der Waals surface area contributed by atoms with Crippen LogP contribution in [0.4, 0.5) is 5.82 Å². The van der Waals surface area contributed by atoms with Gasteiger partial charge in [0.2, 0.25) is 0 Å². The molecule has 1 aliphatic rings. The van der Waals surface area contributed by atoms with Crippen molar-refractivity contribution in [2.45, 2.75) is 4.70 Å². The van der Waals surface area contributed by atoms with Gasteiger partial charge in [0.05, 0.1) is 0 Å². The SMILES string of the molecule is [N-]=[N+]=NC1(Br)N=c2ncnc(N)c2=N1. The standard InChI is InChI=1S/C5H3BrN8/c6-5(13-14-8)11-2-3(7)9-1-10-4(2)12-5/h1H,(H2,7,9,10,12). The van der Waals surface area contributed by atoms with Crippen molar-refractivity contribution < 1.29 is 0 Å². The second-order valence-corrected chi connectivity index (χ2v) is 3.46. The Hall–Kier alpha value is -1.73. The van der Waals surface area contributed by atoms with Crippen molar-refractivity contribution in [3.8, 4) is 0 Å². The zero-order chi connectivity index (χ0) is 10.2. The highest BCUT2D eigenvalue weighted by Gasteiger charge is 2.27. The van der Waals surface area contributed by atoms with E-state index in [0.717, 1.165) is 0 Å². The first-order valence-electron chi connectivity index (χ1n) is 3.46. The van der Waals surface area contributed by atoms with Gasteiger partial charge in [0, 0.05) is 4.91 Å². The molecule has 2 rings (SSSR count). The van der Waals surface area contributed by atoms with Gasteiger partial charge in [0.25, 0.3) is 4.70 Å². The smallest absolute Gasteiger partial charge is 0.288 e. The van der Waals surface area contributed by atoms with E-state index in [9.17, 15) is 0 Å². The van der Waals surface area contributed by atoms with Gasteiger partial charge in [-0.3, -0.25) is 0 Å². The zero-order valence-electron chi connectivity index (χ0n) is 6.66. The van der Waals surface area contributed by atoms with Gasteiger partial charge in [-0.25, -0.2) is 20.0 Å². The van der Waals surface area contributed by atoms with Gasteiger partial charge in [-0.15, -0.1) is 0 Å². The minimum absolute atomic E-state index is 0.202. The van der Waals surface area contributed by atoms with Crippen LogP contribution in [-0.4, -0.2) is 14.7 Å². The van der Waals surface area contributed by atoms with Crippen molar-refractivity contribution in [2.75, 3.05) is 5.73 Å². The van der Waals surface area contributed by atoms with E-state index in [-0.39, 0.29) is 5.82 Å². The molecule has 0 aromatic carbocycles. The van der Waals surface area contributed by atoms with E-state index in [2.05, 4.69) is 45.9 Å². The van der Waals surface area contributed by atoms with Gasteiger partial charge in [-0.05, 0) is 26.6 Å². The molecule has 14 heavy (non-hydrogen) atoms. The summed E-state index contributed by atoms with van der Waals surface area (Å²) in [5.74, 6) is 0.202. The van der Waals surface area contributed by atoms with E-state index < -0.39 is 4.70 Å². The Bertz CT molecular complexity index is 545. The van der Waals surface area contributed by atoms with Gasteiger partial charge in [-0.1, -0.05) is 0 Å². The number of aromatic nitrogens is 2. The Balaban J connectivity index is 2.76. The Morgan fingerprint density at radius 3 is 2.93 bits per heavy atom. The third-order valence-corrected chi connectivity index (χ3v) is 2.02. The second-order valence-electron chi connectivity index (χ2n) is 2.40. The second kappa shape index (κ2) is 2.89. The minimum atomic E-state index is -1.37. The summed E-state index contributed by atoms with van der Waals surface area (Å²) in [7, 11) is 0. The highest BCUT2D eigenvalue weighted by molar-refractivity contribution is 9.10. The molecule has 1 aromatic rings. The third-order valence-electron chi connectivity index (χ3n) is 1.51. The summed E-state index contributed by atoms with van der Waals surface area (Å²) in [5, 5.41) is 3.68. The number of fused-ring (bicyclic) bond motifs is 1. The molecule has 0 aliphatic carbocycles. The highest BCUT2D eigenvalue weighted by Crippen LogP contribution is 2.23. The normalized spacial score (nSPS) is 22.9. The predicted molar refractivity (Wildman–Crippen MR) is 49.6 cm³/mol. The van der Waals surface area contributed by atoms with E-state index in [1.54, 1.807) is 0 Å². The lowest BCUT2D eigenvalue weighted by molar-refractivity contribution is 0.687. The van der Waals surface area contributed by atoms with Crippen molar-refractivity contribution in [2.24, 2.45) is 15.1 Å². The molecule has 9 heteroatoms. The number of anilines is 1. The van der Waals surface area contributed by atoms with Crippen LogP contribution in [0.5, 0.6) is 0 Å². The summed E-state index contributed by atoms with van der Waals surface area (Å²) in [6.45, 7) is 0. The molecular formula is C5H3BrN8. The molecular weight excluding hydrogens is 252 g/mol. The molecule has 8 nitrogen and oxygen atoms in total. The maximum atomic E-state index is 8.28. The fraction of sp³-hybridized carbons (Fsp3) is 0.200. The number of hydrogen-bond donors (Lipinski definition) is 1. The molecule has 0 spiro atoms. The highest BCUT2D eigenvalue weighted by atomic mass is 79.9. The summed E-state index contributed by atoms with van der Waals surface area (Å²) in [5.41, 5.74) is 14.1. The quantitative estimate of drug-likeness (QED) is 0.242. The lowest BCUT2D eigenvalue weighted by Crippen LogP contribution is -2.29. The monoisotopic (exact) mass is 254 g/mol. The first-order chi connectivity index (χ1) is 6.64. The van der Waals surface area contributed by atoms with Gasteiger partial charge in [0.15, 0.2) is 11.3 Å². The number of alkyl halides is 1. The number of halogens is 1. The molecule has 0 radical (unpaired) electrons. The van der Waals surface area contributed by atoms with Crippen molar-refractivity contribution in [3.05, 3.63) is 27.6 Å². The van der Waals surface area contributed by atoms with Crippen molar-refractivity contribution >= 4 is 21.7 Å². The lowest BCUT2D eigenvalue weighted by atomic mass is 10.5.